The van der Waals surface area contributed by atoms with Crippen molar-refractivity contribution in [3.05, 3.63) is 70.7 Å². The van der Waals surface area contributed by atoms with Gasteiger partial charge < -0.3 is 20.5 Å². The fourth-order valence-corrected chi connectivity index (χ4v) is 3.56. The summed E-state index contributed by atoms with van der Waals surface area (Å²) in [4.78, 5) is 25.7. The zero-order valence-corrected chi connectivity index (χ0v) is 15.9. The van der Waals surface area contributed by atoms with E-state index < -0.39 is 29.4 Å². The molecule has 0 aliphatic carbocycles. The molecule has 1 aliphatic heterocycles. The van der Waals surface area contributed by atoms with Crippen LogP contribution in [0.3, 0.4) is 0 Å². The molecule has 27 heavy (non-hydrogen) atoms. The number of Topliss-reactive ketones (excluding diaryl/α,β-unsaturated/α-hetero) is 1. The number of aliphatic hydroxyl groups is 1. The molecule has 3 atom stereocenters. The van der Waals surface area contributed by atoms with E-state index >= 15 is 0 Å². The van der Waals surface area contributed by atoms with Gasteiger partial charge in [-0.3, -0.25) is 4.79 Å². The van der Waals surface area contributed by atoms with Crippen LogP contribution < -0.4 is 10.6 Å². The van der Waals surface area contributed by atoms with Crippen molar-refractivity contribution in [1.82, 2.24) is 10.6 Å². The molecule has 0 aromatic heterocycles. The van der Waals surface area contributed by atoms with Gasteiger partial charge in [0, 0.05) is 10.6 Å². The second-order valence-corrected chi connectivity index (χ2v) is 6.94. The molecule has 1 heterocycles. The van der Waals surface area contributed by atoms with E-state index in [4.69, 9.17) is 28.6 Å². The van der Waals surface area contributed by atoms with Gasteiger partial charge in [-0.1, -0.05) is 54.1 Å². The molecule has 2 aromatic carbocycles. The smallest absolute Gasteiger partial charge is 0.360 e. The monoisotopic (exact) mass is 404 g/mol. The Morgan fingerprint density at radius 3 is 2.37 bits per heavy atom. The predicted octanol–water partition coefficient (Wildman–Crippen LogP) is 2.22. The molecular formula is C19H17ClN2O4S. The highest BCUT2D eigenvalue weighted by Crippen LogP contribution is 2.36. The van der Waals surface area contributed by atoms with Crippen LogP contribution in [0.25, 0.3) is 0 Å². The van der Waals surface area contributed by atoms with Gasteiger partial charge >= 0.3 is 5.97 Å². The van der Waals surface area contributed by atoms with Gasteiger partial charge in [-0.2, -0.15) is 0 Å². The van der Waals surface area contributed by atoms with Crippen LogP contribution in [0, 0.1) is 5.92 Å². The maximum absolute atomic E-state index is 13.3. The van der Waals surface area contributed by atoms with E-state index in [1.54, 1.807) is 54.6 Å². The van der Waals surface area contributed by atoms with Crippen molar-refractivity contribution in [3.63, 3.8) is 0 Å². The molecule has 0 amide bonds. The summed E-state index contributed by atoms with van der Waals surface area (Å²) in [6.07, 6.45) is 0. The van der Waals surface area contributed by atoms with E-state index in [2.05, 4.69) is 10.6 Å². The number of methoxy groups -OCH3 is 1. The average Bonchev–Trinajstić information content (AvgIpc) is 2.67. The van der Waals surface area contributed by atoms with Gasteiger partial charge in [-0.05, 0) is 29.9 Å². The minimum absolute atomic E-state index is 0.0277. The Morgan fingerprint density at radius 2 is 1.78 bits per heavy atom. The van der Waals surface area contributed by atoms with E-state index in [1.165, 1.54) is 0 Å². The zero-order chi connectivity index (χ0) is 19.6. The Kier molecular flexibility index (Phi) is 5.46. The highest BCUT2D eigenvalue weighted by Gasteiger charge is 2.56. The zero-order valence-electron chi connectivity index (χ0n) is 14.3. The van der Waals surface area contributed by atoms with Gasteiger partial charge in [0.2, 0.25) is 0 Å². The number of nitrogens with one attached hydrogen (secondary N) is 2. The lowest BCUT2D eigenvalue weighted by molar-refractivity contribution is -0.171. The highest BCUT2D eigenvalue weighted by molar-refractivity contribution is 7.80. The number of halogens is 1. The van der Waals surface area contributed by atoms with Gasteiger partial charge in [-0.15, -0.1) is 0 Å². The summed E-state index contributed by atoms with van der Waals surface area (Å²) < 4.78 is 4.75. The summed E-state index contributed by atoms with van der Waals surface area (Å²) in [5, 5.41) is 17.2. The fourth-order valence-electron chi connectivity index (χ4n) is 3.16. The number of esters is 1. The number of carbonyl (C=O) groups is 2. The lowest BCUT2D eigenvalue weighted by atomic mass is 9.77. The summed E-state index contributed by atoms with van der Waals surface area (Å²) in [7, 11) is 1.13. The van der Waals surface area contributed by atoms with Crippen LogP contribution in [-0.2, 0) is 9.53 Å². The number of rotatable bonds is 4. The third-order valence-electron chi connectivity index (χ3n) is 4.44. The van der Waals surface area contributed by atoms with E-state index in [9.17, 15) is 14.7 Å². The molecule has 1 aliphatic rings. The quantitative estimate of drug-likeness (QED) is 0.409. The number of benzene rings is 2. The van der Waals surface area contributed by atoms with E-state index in [0.717, 1.165) is 7.11 Å². The van der Waals surface area contributed by atoms with Gasteiger partial charge in [0.25, 0.3) is 5.72 Å². The van der Waals surface area contributed by atoms with Crippen molar-refractivity contribution in [3.8, 4) is 0 Å². The van der Waals surface area contributed by atoms with Crippen LogP contribution in [-0.4, -0.2) is 34.8 Å². The average molecular weight is 405 g/mol. The first-order chi connectivity index (χ1) is 12.9. The molecule has 8 heteroatoms. The normalized spacial score (nSPS) is 24.5. The van der Waals surface area contributed by atoms with E-state index in [-0.39, 0.29) is 5.11 Å². The second kappa shape index (κ2) is 7.64. The molecule has 1 fully saturated rings. The topological polar surface area (TPSA) is 87.7 Å². The van der Waals surface area contributed by atoms with Crippen LogP contribution in [0.2, 0.25) is 5.02 Å². The molecule has 3 rings (SSSR count). The molecule has 0 spiro atoms. The fraction of sp³-hybridized carbons (Fsp3) is 0.211. The Balaban J connectivity index is 2.13. The maximum atomic E-state index is 13.3. The van der Waals surface area contributed by atoms with Crippen molar-refractivity contribution in [1.29, 1.82) is 0 Å². The minimum Gasteiger partial charge on any atom is -0.465 e. The highest BCUT2D eigenvalue weighted by atomic mass is 35.5. The maximum Gasteiger partial charge on any atom is 0.360 e. The Hall–Kier alpha value is -2.48. The molecule has 0 bridgehead atoms. The first kappa shape index (κ1) is 19.3. The van der Waals surface area contributed by atoms with Crippen LogP contribution in [0.5, 0.6) is 0 Å². The lowest BCUT2D eigenvalue weighted by Gasteiger charge is -2.43. The van der Waals surface area contributed by atoms with Gasteiger partial charge in [-0.25, -0.2) is 4.79 Å². The number of hydrogen-bond donors (Lipinski definition) is 3. The standard InChI is InChI=1S/C19H17ClN2O4S/c1-26-17(24)19(25)14(16(23)12-5-3-2-4-6-12)15(21-18(27)22-19)11-7-9-13(20)10-8-11/h2-10,14-15,25H,1H3,(H2,21,22,27). The summed E-state index contributed by atoms with van der Waals surface area (Å²) in [5.41, 5.74) is -1.34. The number of hydrogen-bond acceptors (Lipinski definition) is 5. The third kappa shape index (κ3) is 3.66. The molecule has 6 nitrogen and oxygen atoms in total. The molecule has 1 saturated heterocycles. The van der Waals surface area contributed by atoms with Gasteiger partial charge in [0.1, 0.15) is 5.92 Å². The number of ketones is 1. The summed E-state index contributed by atoms with van der Waals surface area (Å²) >= 11 is 11.1. The Labute approximate surface area is 166 Å². The predicted molar refractivity (Wildman–Crippen MR) is 104 cm³/mol. The molecule has 3 N–H and O–H groups in total. The first-order valence-electron chi connectivity index (χ1n) is 8.11. The Morgan fingerprint density at radius 1 is 1.15 bits per heavy atom. The molecule has 3 unspecified atom stereocenters. The molecule has 140 valence electrons. The molecular weight excluding hydrogens is 388 g/mol. The van der Waals surface area contributed by atoms with Gasteiger partial charge in [0.05, 0.1) is 13.2 Å². The van der Waals surface area contributed by atoms with Crippen LogP contribution in [0.15, 0.2) is 54.6 Å². The molecule has 2 aromatic rings. The minimum atomic E-state index is -2.33. The number of ether oxygens (including phenoxy) is 1. The van der Waals surface area contributed by atoms with Crippen molar-refractivity contribution in [2.45, 2.75) is 11.8 Å². The van der Waals surface area contributed by atoms with E-state index in [1.807, 2.05) is 0 Å². The SMILES string of the molecule is COC(=O)C1(O)NC(=S)NC(c2ccc(Cl)cc2)C1C(=O)c1ccccc1. The largest absolute Gasteiger partial charge is 0.465 e. The van der Waals surface area contributed by atoms with Crippen LogP contribution >= 0.6 is 23.8 Å². The van der Waals surface area contributed by atoms with Crippen molar-refractivity contribution in [2.75, 3.05) is 7.11 Å². The number of thiocarbonyl (C=S) groups is 1. The summed E-state index contributed by atoms with van der Waals surface area (Å²) in [6, 6.07) is 14.4. The lowest BCUT2D eigenvalue weighted by Crippen LogP contribution is -2.70. The van der Waals surface area contributed by atoms with Crippen LogP contribution in [0.1, 0.15) is 22.0 Å². The Bertz CT molecular complexity index is 875. The van der Waals surface area contributed by atoms with Crippen LogP contribution in [0.4, 0.5) is 0 Å². The molecule has 0 saturated carbocycles. The van der Waals surface area contributed by atoms with Crippen molar-refractivity contribution in [2.24, 2.45) is 5.92 Å². The van der Waals surface area contributed by atoms with E-state index in [0.29, 0.717) is 16.1 Å². The van der Waals surface area contributed by atoms with Crippen molar-refractivity contribution < 1.29 is 19.4 Å². The van der Waals surface area contributed by atoms with Crippen molar-refractivity contribution >= 4 is 40.7 Å². The molecule has 0 radical (unpaired) electrons. The number of carbonyl (C=O) groups excluding carboxylic acids is 2. The second-order valence-electron chi connectivity index (χ2n) is 6.09. The third-order valence-corrected chi connectivity index (χ3v) is 4.91. The summed E-state index contributed by atoms with van der Waals surface area (Å²) in [6.45, 7) is 0. The summed E-state index contributed by atoms with van der Waals surface area (Å²) in [5.74, 6) is -2.68. The van der Waals surface area contributed by atoms with Gasteiger partial charge in [0.15, 0.2) is 10.9 Å². The first-order valence-corrected chi connectivity index (χ1v) is 8.89.